The maximum Gasteiger partial charge on any atom is 0.407 e. The van der Waals surface area contributed by atoms with Crippen LogP contribution in [0.3, 0.4) is 0 Å². The molecule has 2 amide bonds. The van der Waals surface area contributed by atoms with E-state index in [0.717, 1.165) is 0 Å². The van der Waals surface area contributed by atoms with Crippen molar-refractivity contribution in [1.82, 2.24) is 15.1 Å². The summed E-state index contributed by atoms with van der Waals surface area (Å²) in [4.78, 5) is 29.1. The summed E-state index contributed by atoms with van der Waals surface area (Å²) in [6, 6.07) is 8.64. The Kier molecular flexibility index (Phi) is 6.05. The van der Waals surface area contributed by atoms with Gasteiger partial charge in [-0.1, -0.05) is 34.6 Å². The van der Waals surface area contributed by atoms with E-state index in [2.05, 4.69) is 46.0 Å². The molecule has 3 aliphatic heterocycles. The first kappa shape index (κ1) is 25.3. The zero-order valence-corrected chi connectivity index (χ0v) is 21.2. The summed E-state index contributed by atoms with van der Waals surface area (Å²) >= 11 is 0. The van der Waals surface area contributed by atoms with Crippen LogP contribution in [0, 0.1) is 33.5 Å². The summed E-state index contributed by atoms with van der Waals surface area (Å²) in [5.74, 6) is -0.0393. The van der Waals surface area contributed by atoms with E-state index in [0.29, 0.717) is 50.5 Å². The van der Waals surface area contributed by atoms with Gasteiger partial charge in [-0.15, -0.1) is 0 Å². The summed E-state index contributed by atoms with van der Waals surface area (Å²) < 4.78 is 6.02. The molecular weight excluding hydrogens is 448 g/mol. The lowest BCUT2D eigenvalue weighted by atomic mass is 9.46. The number of fused-ring (bicyclic) bond motifs is 2. The predicted octanol–water partition coefficient (Wildman–Crippen LogP) is 2.50. The van der Waals surface area contributed by atoms with Crippen LogP contribution in [0.5, 0.6) is 5.75 Å². The van der Waals surface area contributed by atoms with Crippen molar-refractivity contribution in [2.75, 3.05) is 32.7 Å². The lowest BCUT2D eigenvalue weighted by molar-refractivity contribution is -0.202. The Morgan fingerprint density at radius 2 is 1.74 bits per heavy atom. The highest BCUT2D eigenvalue weighted by Crippen LogP contribution is 2.60. The Bertz CT molecular complexity index is 1040. The normalized spacial score (nSPS) is 32.1. The molecule has 1 aromatic carbocycles. The van der Waals surface area contributed by atoms with Crippen LogP contribution < -0.4 is 10.1 Å². The van der Waals surface area contributed by atoms with E-state index >= 15 is 0 Å². The van der Waals surface area contributed by atoms with Gasteiger partial charge < -0.3 is 24.7 Å². The number of hydrogen-bond acceptors (Lipinski definition) is 6. The highest BCUT2D eigenvalue weighted by atomic mass is 16.5. The minimum Gasteiger partial charge on any atom is -0.485 e. The van der Waals surface area contributed by atoms with E-state index in [-0.39, 0.29) is 16.7 Å². The summed E-state index contributed by atoms with van der Waals surface area (Å²) in [6.45, 7) is 12.5. The molecule has 190 valence electrons. The molecule has 0 spiro atoms. The van der Waals surface area contributed by atoms with Crippen LogP contribution in [-0.2, 0) is 4.79 Å². The molecular formula is C26H36N4O5. The van der Waals surface area contributed by atoms with E-state index < -0.39 is 29.2 Å². The fourth-order valence-electron chi connectivity index (χ4n) is 6.50. The Hall–Kier alpha value is -2.83. The van der Waals surface area contributed by atoms with Crippen molar-refractivity contribution in [1.29, 1.82) is 5.26 Å². The molecule has 4 unspecified atom stereocenters. The number of carbonyl (C=O) groups is 2. The minimum atomic E-state index is -1.89. The number of aliphatic hydroxyl groups is 1. The molecule has 3 N–H and O–H groups in total. The van der Waals surface area contributed by atoms with Crippen molar-refractivity contribution in [2.45, 2.75) is 52.9 Å². The number of nitrogens with zero attached hydrogens (tertiary/aromatic N) is 3. The number of benzene rings is 1. The number of amides is 2. The van der Waals surface area contributed by atoms with Gasteiger partial charge in [-0.2, -0.15) is 5.26 Å². The highest BCUT2D eigenvalue weighted by molar-refractivity contribution is 5.86. The van der Waals surface area contributed by atoms with Gasteiger partial charge in [-0.05, 0) is 35.1 Å². The molecule has 0 aliphatic carbocycles. The Morgan fingerprint density at radius 3 is 2.31 bits per heavy atom. The molecule has 0 saturated carbocycles. The number of ether oxygens (including phenoxy) is 1. The number of carbonyl (C=O) groups excluding carboxylic acids is 1. The molecule has 0 radical (unpaired) electrons. The summed E-state index contributed by atoms with van der Waals surface area (Å²) in [5, 5.41) is 33.4. The number of nitriles is 1. The molecule has 0 aromatic heterocycles. The molecule has 3 aliphatic rings. The summed E-state index contributed by atoms with van der Waals surface area (Å²) in [7, 11) is 0. The monoisotopic (exact) mass is 484 g/mol. The van der Waals surface area contributed by atoms with Crippen molar-refractivity contribution < 1.29 is 24.5 Å². The van der Waals surface area contributed by atoms with Gasteiger partial charge in [0, 0.05) is 50.5 Å². The quantitative estimate of drug-likeness (QED) is 0.602. The fourth-order valence-corrected chi connectivity index (χ4v) is 6.50. The molecule has 3 heterocycles. The summed E-state index contributed by atoms with van der Waals surface area (Å²) in [6.07, 6.45) is -1.29. The third-order valence-electron chi connectivity index (χ3n) is 8.91. The lowest BCUT2D eigenvalue weighted by Crippen LogP contribution is -2.74. The maximum atomic E-state index is 13.9. The van der Waals surface area contributed by atoms with Crippen molar-refractivity contribution in [3.05, 3.63) is 29.8 Å². The van der Waals surface area contributed by atoms with E-state index in [9.17, 15) is 19.8 Å². The molecule has 1 aromatic rings. The average Bonchev–Trinajstić information content (AvgIpc) is 3.13. The zero-order chi connectivity index (χ0) is 25.8. The van der Waals surface area contributed by atoms with Crippen LogP contribution in [0.1, 0.15) is 46.6 Å². The van der Waals surface area contributed by atoms with E-state index in [1.165, 1.54) is 4.90 Å². The van der Waals surface area contributed by atoms with Crippen LogP contribution in [0.25, 0.3) is 0 Å². The fraction of sp³-hybridized carbons (Fsp3) is 0.654. The van der Waals surface area contributed by atoms with Gasteiger partial charge >= 0.3 is 6.09 Å². The number of piperidine rings is 2. The smallest absolute Gasteiger partial charge is 0.407 e. The van der Waals surface area contributed by atoms with Gasteiger partial charge in [0.1, 0.15) is 5.75 Å². The standard InChI is InChI=1S/C26H36N4O5/c1-23(2,3)25-15-29(13-18(24(25,4)5)14-30(16-25)22(32)33)21(31)26(34)20(10-11-28-26)35-19-8-6-17(12-27)7-9-19/h6-9,18,20,28,34H,10-11,13-16H2,1-5H3,(H,32,33). The van der Waals surface area contributed by atoms with Crippen LogP contribution in [0.15, 0.2) is 24.3 Å². The largest absolute Gasteiger partial charge is 0.485 e. The first-order chi connectivity index (χ1) is 16.2. The van der Waals surface area contributed by atoms with Crippen molar-refractivity contribution >= 4 is 12.0 Å². The SMILES string of the molecule is CC(C)(C)C12CN(C(=O)O)CC(CN(C(=O)C3(O)NCCC3Oc3ccc(C#N)cc3)C1)C2(C)C. The molecule has 4 rings (SSSR count). The van der Waals surface area contributed by atoms with Crippen molar-refractivity contribution in [3.63, 3.8) is 0 Å². The van der Waals surface area contributed by atoms with Gasteiger partial charge in [0.25, 0.3) is 5.91 Å². The van der Waals surface area contributed by atoms with Gasteiger partial charge in [0.15, 0.2) is 6.10 Å². The molecule has 9 nitrogen and oxygen atoms in total. The lowest BCUT2D eigenvalue weighted by Gasteiger charge is -2.67. The van der Waals surface area contributed by atoms with Gasteiger partial charge in [0.05, 0.1) is 11.6 Å². The van der Waals surface area contributed by atoms with E-state index in [1.54, 1.807) is 29.2 Å². The highest BCUT2D eigenvalue weighted by Gasteiger charge is 2.65. The molecule has 3 saturated heterocycles. The van der Waals surface area contributed by atoms with E-state index in [1.807, 2.05) is 0 Å². The molecule has 3 fully saturated rings. The van der Waals surface area contributed by atoms with Crippen molar-refractivity contribution in [2.24, 2.45) is 22.2 Å². The minimum absolute atomic E-state index is 0.0767. The summed E-state index contributed by atoms with van der Waals surface area (Å²) in [5.41, 5.74) is -2.41. The first-order valence-electron chi connectivity index (χ1n) is 12.2. The first-order valence-corrected chi connectivity index (χ1v) is 12.2. The number of carboxylic acid groups (broad SMARTS) is 1. The van der Waals surface area contributed by atoms with Gasteiger partial charge in [-0.25, -0.2) is 4.79 Å². The topological polar surface area (TPSA) is 126 Å². The van der Waals surface area contributed by atoms with Crippen LogP contribution in [0.4, 0.5) is 4.79 Å². The van der Waals surface area contributed by atoms with Crippen LogP contribution >= 0.6 is 0 Å². The molecule has 9 heteroatoms. The van der Waals surface area contributed by atoms with Gasteiger partial charge in [0.2, 0.25) is 5.72 Å². The number of rotatable bonds is 3. The number of hydrogen-bond donors (Lipinski definition) is 3. The van der Waals surface area contributed by atoms with E-state index in [4.69, 9.17) is 10.00 Å². The molecule has 35 heavy (non-hydrogen) atoms. The number of likely N-dealkylation sites (tertiary alicyclic amines) is 2. The maximum absolute atomic E-state index is 13.9. The van der Waals surface area contributed by atoms with Crippen LogP contribution in [-0.4, -0.2) is 76.6 Å². The second-order valence-electron chi connectivity index (χ2n) is 11.8. The molecule has 2 bridgehead atoms. The Morgan fingerprint density at radius 1 is 1.14 bits per heavy atom. The number of nitrogens with one attached hydrogen (secondary N) is 1. The third-order valence-corrected chi connectivity index (χ3v) is 8.91. The Labute approximate surface area is 206 Å². The third kappa shape index (κ3) is 3.93. The second-order valence-corrected chi connectivity index (χ2v) is 11.8. The molecule has 4 atom stereocenters. The van der Waals surface area contributed by atoms with Crippen LogP contribution in [0.2, 0.25) is 0 Å². The second kappa shape index (κ2) is 8.38. The average molecular weight is 485 g/mol. The zero-order valence-electron chi connectivity index (χ0n) is 21.2. The van der Waals surface area contributed by atoms with Crippen molar-refractivity contribution in [3.8, 4) is 11.8 Å². The van der Waals surface area contributed by atoms with Gasteiger partial charge in [-0.3, -0.25) is 10.1 Å². The predicted molar refractivity (Wildman–Crippen MR) is 128 cm³/mol. The Balaban J connectivity index is 1.62.